The molecule has 1 saturated heterocycles. The Hall–Kier alpha value is -3.29. The van der Waals surface area contributed by atoms with Crippen LogP contribution in [-0.4, -0.2) is 43.6 Å². The number of nitrogens with zero attached hydrogens (tertiary/aromatic N) is 1. The van der Waals surface area contributed by atoms with Crippen LogP contribution >= 0.6 is 0 Å². The lowest BCUT2D eigenvalue weighted by molar-refractivity contribution is -0.124. The third-order valence-corrected chi connectivity index (χ3v) is 4.85. The van der Waals surface area contributed by atoms with Crippen LogP contribution < -0.4 is 20.1 Å². The van der Waals surface area contributed by atoms with Crippen molar-refractivity contribution in [1.29, 1.82) is 0 Å². The maximum atomic E-state index is 13.0. The number of likely N-dealkylation sites (tertiary alicyclic amines) is 1. The van der Waals surface area contributed by atoms with Gasteiger partial charge in [0.15, 0.2) is 0 Å². The highest BCUT2D eigenvalue weighted by atomic mass is 19.1. The van der Waals surface area contributed by atoms with Crippen molar-refractivity contribution >= 4 is 17.6 Å². The first-order valence-corrected chi connectivity index (χ1v) is 9.33. The molecule has 0 aromatic heterocycles. The first kappa shape index (κ1) is 20.4. The normalized spacial score (nSPS) is 15.7. The fourth-order valence-corrected chi connectivity index (χ4v) is 3.33. The van der Waals surface area contributed by atoms with Crippen LogP contribution in [0.1, 0.15) is 18.4 Å². The van der Waals surface area contributed by atoms with Crippen LogP contribution in [-0.2, 0) is 11.3 Å². The number of methoxy groups -OCH3 is 2. The number of benzene rings is 2. The molecular formula is C21H24FN3O4. The summed E-state index contributed by atoms with van der Waals surface area (Å²) in [5.41, 5.74) is 1.25. The first-order valence-electron chi connectivity index (χ1n) is 9.33. The van der Waals surface area contributed by atoms with Gasteiger partial charge in [0.05, 0.1) is 14.2 Å². The lowest BCUT2D eigenvalue weighted by Crippen LogP contribution is -2.47. The van der Waals surface area contributed by atoms with Crippen LogP contribution in [0.4, 0.5) is 14.9 Å². The number of urea groups is 1. The van der Waals surface area contributed by atoms with Crippen molar-refractivity contribution in [3.8, 4) is 11.5 Å². The van der Waals surface area contributed by atoms with Gasteiger partial charge in [-0.25, -0.2) is 9.18 Å². The summed E-state index contributed by atoms with van der Waals surface area (Å²) >= 11 is 0. The van der Waals surface area contributed by atoms with Crippen LogP contribution in [0.15, 0.2) is 42.5 Å². The molecular weight excluding hydrogens is 377 g/mol. The number of ether oxygens (including phenoxy) is 2. The topological polar surface area (TPSA) is 79.9 Å². The fraction of sp³-hybridized carbons (Fsp3) is 0.333. The van der Waals surface area contributed by atoms with E-state index in [2.05, 4.69) is 10.6 Å². The molecule has 1 aliphatic rings. The molecule has 29 heavy (non-hydrogen) atoms. The lowest BCUT2D eigenvalue weighted by atomic mass is 10.1. The second kappa shape index (κ2) is 9.27. The van der Waals surface area contributed by atoms with Crippen LogP contribution in [0.5, 0.6) is 11.5 Å². The van der Waals surface area contributed by atoms with E-state index in [4.69, 9.17) is 9.47 Å². The molecule has 2 aromatic rings. The van der Waals surface area contributed by atoms with Crippen LogP contribution in [0, 0.1) is 5.82 Å². The molecule has 1 fully saturated rings. The third kappa shape index (κ3) is 4.96. The number of carbonyl (C=O) groups excluding carboxylic acids is 2. The van der Waals surface area contributed by atoms with Crippen LogP contribution in [0.2, 0.25) is 0 Å². The summed E-state index contributed by atoms with van der Waals surface area (Å²) in [6.07, 6.45) is 1.31. The molecule has 3 amide bonds. The molecule has 2 N–H and O–H groups in total. The highest BCUT2D eigenvalue weighted by molar-refractivity contribution is 5.94. The van der Waals surface area contributed by atoms with Gasteiger partial charge in [0.25, 0.3) is 0 Å². The Kier molecular flexibility index (Phi) is 6.54. The summed E-state index contributed by atoms with van der Waals surface area (Å²) < 4.78 is 23.6. The predicted molar refractivity (Wildman–Crippen MR) is 107 cm³/mol. The second-order valence-electron chi connectivity index (χ2n) is 6.68. The van der Waals surface area contributed by atoms with Gasteiger partial charge in [0.1, 0.15) is 23.4 Å². The van der Waals surface area contributed by atoms with Crippen LogP contribution in [0.25, 0.3) is 0 Å². The number of halogens is 1. The molecule has 2 aromatic carbocycles. The molecule has 7 nitrogen and oxygen atoms in total. The Morgan fingerprint density at radius 3 is 2.59 bits per heavy atom. The Morgan fingerprint density at radius 2 is 1.90 bits per heavy atom. The summed E-state index contributed by atoms with van der Waals surface area (Å²) in [6.45, 7) is 0.733. The van der Waals surface area contributed by atoms with Crippen molar-refractivity contribution in [2.24, 2.45) is 0 Å². The lowest BCUT2D eigenvalue weighted by Gasteiger charge is -2.24. The van der Waals surface area contributed by atoms with E-state index in [1.807, 2.05) is 0 Å². The fourth-order valence-electron chi connectivity index (χ4n) is 3.33. The van der Waals surface area contributed by atoms with E-state index >= 15 is 0 Å². The average Bonchev–Trinajstić information content (AvgIpc) is 3.23. The number of amides is 3. The summed E-state index contributed by atoms with van der Waals surface area (Å²) in [7, 11) is 3.13. The monoisotopic (exact) mass is 401 g/mol. The van der Waals surface area contributed by atoms with Gasteiger partial charge in [-0.05, 0) is 55.3 Å². The maximum Gasteiger partial charge on any atom is 0.322 e. The van der Waals surface area contributed by atoms with Gasteiger partial charge in [-0.2, -0.15) is 0 Å². The van der Waals surface area contributed by atoms with E-state index in [1.165, 1.54) is 29.2 Å². The summed E-state index contributed by atoms with van der Waals surface area (Å²) in [5, 5.41) is 5.58. The smallest absolute Gasteiger partial charge is 0.322 e. The van der Waals surface area contributed by atoms with Crippen molar-refractivity contribution < 1.29 is 23.5 Å². The first-order chi connectivity index (χ1) is 14.0. The van der Waals surface area contributed by atoms with Crippen molar-refractivity contribution in [1.82, 2.24) is 10.2 Å². The highest BCUT2D eigenvalue weighted by Gasteiger charge is 2.34. The van der Waals surface area contributed by atoms with Gasteiger partial charge < -0.3 is 25.0 Å². The quantitative estimate of drug-likeness (QED) is 0.779. The zero-order valence-corrected chi connectivity index (χ0v) is 16.4. The van der Waals surface area contributed by atoms with Crippen LogP contribution in [0.3, 0.4) is 0 Å². The van der Waals surface area contributed by atoms with Crippen molar-refractivity contribution in [3.05, 3.63) is 53.8 Å². The molecule has 154 valence electrons. The van der Waals surface area contributed by atoms with E-state index in [-0.39, 0.29) is 24.3 Å². The third-order valence-electron chi connectivity index (χ3n) is 4.85. The van der Waals surface area contributed by atoms with Crippen molar-refractivity contribution in [2.75, 3.05) is 26.1 Å². The molecule has 3 rings (SSSR count). The van der Waals surface area contributed by atoms with Gasteiger partial charge in [-0.3, -0.25) is 4.79 Å². The molecule has 1 atom stereocenters. The number of anilines is 1. The maximum absolute atomic E-state index is 13.0. The molecule has 0 saturated carbocycles. The van der Waals surface area contributed by atoms with Gasteiger partial charge >= 0.3 is 6.03 Å². The molecule has 1 aliphatic heterocycles. The number of carbonyl (C=O) groups is 2. The Morgan fingerprint density at radius 1 is 1.14 bits per heavy atom. The SMILES string of the molecule is COc1ccc(OC)c(CNC(=O)C2CCCN2C(=O)Nc2ccc(F)cc2)c1. The summed E-state index contributed by atoms with van der Waals surface area (Å²) in [5.74, 6) is 0.690. The number of hydrogen-bond acceptors (Lipinski definition) is 4. The predicted octanol–water partition coefficient (Wildman–Crippen LogP) is 3.16. The van der Waals surface area contributed by atoms with E-state index in [9.17, 15) is 14.0 Å². The molecule has 0 spiro atoms. The minimum atomic E-state index is -0.563. The van der Waals surface area contributed by atoms with E-state index in [1.54, 1.807) is 32.4 Å². The van der Waals surface area contributed by atoms with Gasteiger partial charge in [0.2, 0.25) is 5.91 Å². The minimum absolute atomic E-state index is 0.235. The molecule has 1 unspecified atom stereocenters. The number of hydrogen-bond donors (Lipinski definition) is 2. The van der Waals surface area contributed by atoms with Crippen molar-refractivity contribution in [2.45, 2.75) is 25.4 Å². The molecule has 0 aliphatic carbocycles. The summed E-state index contributed by atoms with van der Waals surface area (Å²) in [6, 6.07) is 9.91. The Labute approximate surface area is 168 Å². The van der Waals surface area contributed by atoms with Crippen molar-refractivity contribution in [3.63, 3.8) is 0 Å². The van der Waals surface area contributed by atoms with Gasteiger partial charge in [-0.1, -0.05) is 0 Å². The zero-order valence-electron chi connectivity index (χ0n) is 16.4. The zero-order chi connectivity index (χ0) is 20.8. The average molecular weight is 401 g/mol. The standard InChI is InChI=1S/C21H24FN3O4/c1-28-17-9-10-19(29-2)14(12-17)13-23-20(26)18-4-3-11-25(18)21(27)24-16-7-5-15(22)6-8-16/h5-10,12,18H,3-4,11,13H2,1-2H3,(H,23,26)(H,24,27). The highest BCUT2D eigenvalue weighted by Crippen LogP contribution is 2.24. The van der Waals surface area contributed by atoms with Gasteiger partial charge in [0, 0.05) is 24.3 Å². The summed E-state index contributed by atoms with van der Waals surface area (Å²) in [4.78, 5) is 26.8. The second-order valence-corrected chi connectivity index (χ2v) is 6.68. The van der Waals surface area contributed by atoms with Gasteiger partial charge in [-0.15, -0.1) is 0 Å². The minimum Gasteiger partial charge on any atom is -0.497 e. The molecule has 0 bridgehead atoms. The molecule has 0 radical (unpaired) electrons. The number of rotatable bonds is 6. The largest absolute Gasteiger partial charge is 0.497 e. The number of nitrogens with one attached hydrogen (secondary N) is 2. The van der Waals surface area contributed by atoms with E-state index in [0.29, 0.717) is 30.2 Å². The van der Waals surface area contributed by atoms with E-state index < -0.39 is 6.04 Å². The van der Waals surface area contributed by atoms with E-state index in [0.717, 1.165) is 12.0 Å². The Balaban J connectivity index is 1.62. The molecule has 8 heteroatoms. The molecule has 1 heterocycles. The Bertz CT molecular complexity index is 873.